The Balaban J connectivity index is 1.37. The summed E-state index contributed by atoms with van der Waals surface area (Å²) >= 11 is 1.39. The number of sulfonamides is 1. The van der Waals surface area contributed by atoms with Gasteiger partial charge in [-0.15, -0.1) is 11.3 Å². The first-order valence-corrected chi connectivity index (χ1v) is 12.6. The molecule has 2 aromatic carbocycles. The van der Waals surface area contributed by atoms with E-state index < -0.39 is 10.0 Å². The minimum Gasteiger partial charge on any atom is -0.302 e. The molecule has 0 aliphatic carbocycles. The quantitative estimate of drug-likeness (QED) is 0.616. The number of hydrogen-bond acceptors (Lipinski definition) is 5. The molecule has 0 spiro atoms. The molecule has 0 bridgehead atoms. The standard InChI is InChI=1S/C23H25N3O3S2/c1-16-8-9-21(17(2)14-16)31(28,29)26-12-10-19(11-13-26)22(27)25-23-24-20(15-30-23)18-6-4-3-5-7-18/h3-9,14-15,19H,10-13H2,1-2H3,(H,24,25,27). The smallest absolute Gasteiger partial charge is 0.243 e. The number of aromatic nitrogens is 1. The molecule has 1 saturated heterocycles. The second-order valence-electron chi connectivity index (χ2n) is 7.84. The van der Waals surface area contributed by atoms with Gasteiger partial charge in [-0.1, -0.05) is 48.0 Å². The van der Waals surface area contributed by atoms with E-state index in [1.54, 1.807) is 6.07 Å². The third-order valence-electron chi connectivity index (χ3n) is 5.58. The number of nitrogens with one attached hydrogen (secondary N) is 1. The number of rotatable bonds is 5. The normalized spacial score (nSPS) is 15.7. The predicted octanol–water partition coefficient (Wildman–Crippen LogP) is 4.47. The second-order valence-corrected chi connectivity index (χ2v) is 10.6. The van der Waals surface area contributed by atoms with Crippen LogP contribution in [0.5, 0.6) is 0 Å². The zero-order chi connectivity index (χ0) is 22.0. The van der Waals surface area contributed by atoms with E-state index in [0.717, 1.165) is 22.4 Å². The molecule has 162 valence electrons. The van der Waals surface area contributed by atoms with Crippen molar-refractivity contribution in [2.24, 2.45) is 5.92 Å². The molecular weight excluding hydrogens is 430 g/mol. The van der Waals surface area contributed by atoms with E-state index in [0.29, 0.717) is 36.0 Å². The van der Waals surface area contributed by atoms with Crippen molar-refractivity contribution in [2.45, 2.75) is 31.6 Å². The van der Waals surface area contributed by atoms with Gasteiger partial charge in [-0.05, 0) is 38.3 Å². The first-order valence-electron chi connectivity index (χ1n) is 10.2. The zero-order valence-electron chi connectivity index (χ0n) is 17.5. The number of carbonyl (C=O) groups excluding carboxylic acids is 1. The molecule has 31 heavy (non-hydrogen) atoms. The van der Waals surface area contributed by atoms with Crippen LogP contribution in [0.3, 0.4) is 0 Å². The summed E-state index contributed by atoms with van der Waals surface area (Å²) < 4.78 is 27.6. The summed E-state index contributed by atoms with van der Waals surface area (Å²) in [6.45, 7) is 4.43. The minimum absolute atomic E-state index is 0.0995. The maximum absolute atomic E-state index is 13.0. The number of piperidine rings is 1. The summed E-state index contributed by atoms with van der Waals surface area (Å²) in [5, 5.41) is 5.39. The van der Waals surface area contributed by atoms with Gasteiger partial charge in [-0.3, -0.25) is 4.79 Å². The number of carbonyl (C=O) groups is 1. The molecule has 0 saturated carbocycles. The van der Waals surface area contributed by atoms with Crippen LogP contribution in [-0.2, 0) is 14.8 Å². The van der Waals surface area contributed by atoms with E-state index in [2.05, 4.69) is 10.3 Å². The Hall–Kier alpha value is -2.55. The van der Waals surface area contributed by atoms with E-state index in [-0.39, 0.29) is 11.8 Å². The molecule has 1 fully saturated rings. The van der Waals surface area contributed by atoms with Crippen molar-refractivity contribution in [1.82, 2.24) is 9.29 Å². The number of aryl methyl sites for hydroxylation is 2. The molecule has 1 aliphatic rings. The largest absolute Gasteiger partial charge is 0.302 e. The molecular formula is C23H25N3O3S2. The highest BCUT2D eigenvalue weighted by Crippen LogP contribution is 2.28. The van der Waals surface area contributed by atoms with Crippen LogP contribution in [0.4, 0.5) is 5.13 Å². The van der Waals surface area contributed by atoms with Crippen LogP contribution >= 0.6 is 11.3 Å². The van der Waals surface area contributed by atoms with Crippen LogP contribution in [0.1, 0.15) is 24.0 Å². The highest BCUT2D eigenvalue weighted by atomic mass is 32.2. The van der Waals surface area contributed by atoms with Crippen molar-refractivity contribution >= 4 is 32.4 Å². The van der Waals surface area contributed by atoms with Crippen LogP contribution in [0.15, 0.2) is 58.8 Å². The van der Waals surface area contributed by atoms with Gasteiger partial charge in [0.05, 0.1) is 10.6 Å². The lowest BCUT2D eigenvalue weighted by Crippen LogP contribution is -2.41. The van der Waals surface area contributed by atoms with E-state index in [4.69, 9.17) is 0 Å². The summed E-state index contributed by atoms with van der Waals surface area (Å²) in [6.07, 6.45) is 0.986. The van der Waals surface area contributed by atoms with Gasteiger partial charge in [0.25, 0.3) is 0 Å². The SMILES string of the molecule is Cc1ccc(S(=O)(=O)N2CCC(C(=O)Nc3nc(-c4ccccc4)cs3)CC2)c(C)c1. The van der Waals surface area contributed by atoms with Crippen molar-refractivity contribution in [3.63, 3.8) is 0 Å². The van der Waals surface area contributed by atoms with Gasteiger partial charge in [0.1, 0.15) is 0 Å². The van der Waals surface area contributed by atoms with Crippen LogP contribution in [0.25, 0.3) is 11.3 Å². The number of benzene rings is 2. The Labute approximate surface area is 187 Å². The van der Waals surface area contributed by atoms with Crippen molar-refractivity contribution in [3.8, 4) is 11.3 Å². The van der Waals surface area contributed by atoms with Crippen LogP contribution < -0.4 is 5.32 Å². The van der Waals surface area contributed by atoms with E-state index in [1.807, 2.05) is 61.7 Å². The molecule has 0 unspecified atom stereocenters. The van der Waals surface area contributed by atoms with Crippen LogP contribution in [0, 0.1) is 19.8 Å². The Morgan fingerprint density at radius 3 is 2.48 bits per heavy atom. The fourth-order valence-electron chi connectivity index (χ4n) is 3.87. The third-order valence-corrected chi connectivity index (χ3v) is 8.39. The minimum atomic E-state index is -3.55. The van der Waals surface area contributed by atoms with Crippen molar-refractivity contribution < 1.29 is 13.2 Å². The molecule has 8 heteroatoms. The maximum atomic E-state index is 13.0. The Bertz CT molecular complexity index is 1180. The van der Waals surface area contributed by atoms with Gasteiger partial charge in [0.2, 0.25) is 15.9 Å². The summed E-state index contributed by atoms with van der Waals surface area (Å²) in [6, 6.07) is 15.2. The average Bonchev–Trinajstić information content (AvgIpc) is 3.22. The van der Waals surface area contributed by atoms with Crippen LogP contribution in [0.2, 0.25) is 0 Å². The van der Waals surface area contributed by atoms with E-state index in [1.165, 1.54) is 15.6 Å². The lowest BCUT2D eigenvalue weighted by molar-refractivity contribution is -0.120. The lowest BCUT2D eigenvalue weighted by atomic mass is 9.97. The molecule has 1 aromatic heterocycles. The highest BCUT2D eigenvalue weighted by molar-refractivity contribution is 7.89. The van der Waals surface area contributed by atoms with Gasteiger partial charge in [-0.2, -0.15) is 4.31 Å². The monoisotopic (exact) mass is 455 g/mol. The van der Waals surface area contributed by atoms with Gasteiger partial charge >= 0.3 is 0 Å². The first kappa shape index (κ1) is 21.7. The molecule has 1 N–H and O–H groups in total. The Morgan fingerprint density at radius 1 is 1.10 bits per heavy atom. The van der Waals surface area contributed by atoms with Crippen molar-refractivity contribution in [2.75, 3.05) is 18.4 Å². The Kier molecular flexibility index (Phi) is 6.22. The number of nitrogens with zero attached hydrogens (tertiary/aromatic N) is 2. The number of thiazole rings is 1. The molecule has 6 nitrogen and oxygen atoms in total. The summed E-state index contributed by atoms with van der Waals surface area (Å²) in [5.41, 5.74) is 3.61. The molecule has 1 amide bonds. The van der Waals surface area contributed by atoms with Gasteiger partial charge < -0.3 is 5.32 Å². The predicted molar refractivity (Wildman–Crippen MR) is 124 cm³/mol. The third kappa shape index (κ3) is 4.71. The molecule has 0 atom stereocenters. The maximum Gasteiger partial charge on any atom is 0.243 e. The van der Waals surface area contributed by atoms with Gasteiger partial charge in [0.15, 0.2) is 5.13 Å². The zero-order valence-corrected chi connectivity index (χ0v) is 19.2. The molecule has 1 aliphatic heterocycles. The van der Waals surface area contributed by atoms with Crippen LogP contribution in [-0.4, -0.2) is 36.7 Å². The number of amides is 1. The van der Waals surface area contributed by atoms with E-state index >= 15 is 0 Å². The molecule has 2 heterocycles. The Morgan fingerprint density at radius 2 is 1.81 bits per heavy atom. The lowest BCUT2D eigenvalue weighted by Gasteiger charge is -2.30. The highest BCUT2D eigenvalue weighted by Gasteiger charge is 2.33. The fourth-order valence-corrected chi connectivity index (χ4v) is 6.26. The second kappa shape index (κ2) is 8.90. The van der Waals surface area contributed by atoms with Crippen molar-refractivity contribution in [3.05, 3.63) is 65.0 Å². The van der Waals surface area contributed by atoms with Gasteiger partial charge in [-0.25, -0.2) is 13.4 Å². The molecule has 3 aromatic rings. The summed E-state index contributed by atoms with van der Waals surface area (Å²) in [4.78, 5) is 17.6. The summed E-state index contributed by atoms with van der Waals surface area (Å²) in [5.74, 6) is -0.327. The topological polar surface area (TPSA) is 79.4 Å². The van der Waals surface area contributed by atoms with E-state index in [9.17, 15) is 13.2 Å². The molecule has 4 rings (SSSR count). The van der Waals surface area contributed by atoms with Gasteiger partial charge in [0, 0.05) is 30.0 Å². The summed E-state index contributed by atoms with van der Waals surface area (Å²) in [7, 11) is -3.55. The fraction of sp³-hybridized carbons (Fsp3) is 0.304. The van der Waals surface area contributed by atoms with Crippen molar-refractivity contribution in [1.29, 1.82) is 0 Å². The number of hydrogen-bond donors (Lipinski definition) is 1. The first-order chi connectivity index (χ1) is 14.8. The number of anilines is 1. The average molecular weight is 456 g/mol. The molecule has 0 radical (unpaired) electrons.